The number of amides is 1. The van der Waals surface area contributed by atoms with E-state index in [9.17, 15) is 23.1 Å². The lowest BCUT2D eigenvalue weighted by Gasteiger charge is -2.19. The minimum Gasteiger partial charge on any atom is -0.393 e. The highest BCUT2D eigenvalue weighted by molar-refractivity contribution is 6.14. The molecule has 33 heavy (non-hydrogen) atoms. The third kappa shape index (κ3) is 5.90. The second-order valence-electron chi connectivity index (χ2n) is 7.00. The van der Waals surface area contributed by atoms with Crippen molar-refractivity contribution in [3.63, 3.8) is 0 Å². The highest BCUT2D eigenvalue weighted by atomic mass is 19.1. The van der Waals surface area contributed by atoms with Gasteiger partial charge in [-0.1, -0.05) is 11.2 Å². The number of aliphatic hydroxyl groups is 1. The number of alkyl halides is 1. The molecule has 8 nitrogen and oxygen atoms in total. The number of aliphatic hydroxyl groups excluding tert-OH is 1. The Morgan fingerprint density at radius 3 is 2.73 bits per heavy atom. The van der Waals surface area contributed by atoms with Gasteiger partial charge in [0.2, 0.25) is 0 Å². The number of aromatic amines is 1. The van der Waals surface area contributed by atoms with E-state index in [1.54, 1.807) is 0 Å². The third-order valence-corrected chi connectivity index (χ3v) is 4.80. The molecule has 0 fully saturated rings. The second-order valence-corrected chi connectivity index (χ2v) is 7.00. The van der Waals surface area contributed by atoms with Crippen LogP contribution in [0.3, 0.4) is 0 Å². The molecule has 11 heteroatoms. The van der Waals surface area contributed by atoms with Gasteiger partial charge in [-0.05, 0) is 42.5 Å². The Morgan fingerprint density at radius 1 is 1.27 bits per heavy atom. The zero-order chi connectivity index (χ0) is 23.8. The summed E-state index contributed by atoms with van der Waals surface area (Å²) in [6.45, 7) is -0.883. The highest BCUT2D eigenvalue weighted by Crippen LogP contribution is 2.29. The van der Waals surface area contributed by atoms with Gasteiger partial charge in [-0.25, -0.2) is 18.6 Å². The van der Waals surface area contributed by atoms with Crippen LogP contribution in [0.15, 0.2) is 53.6 Å². The summed E-state index contributed by atoms with van der Waals surface area (Å²) in [5, 5.41) is 29.1. The zero-order valence-corrected chi connectivity index (χ0v) is 17.3. The normalized spacial score (nSPS) is 13.1. The topological polar surface area (TPSA) is 131 Å². The molecule has 1 aromatic heterocycles. The average molecular weight is 459 g/mol. The number of hydrogen-bond acceptors (Lipinski definition) is 5. The maximum absolute atomic E-state index is 14.8. The molecular formula is C22H22F3N6O2+. The van der Waals surface area contributed by atoms with E-state index >= 15 is 0 Å². The number of halogens is 3. The molecule has 2 unspecified atom stereocenters. The number of quaternary nitrogens is 1. The standard InChI is InChI=1S/C22H21F3N6O2/c23-14-6-4-13(5-7-14)18-10-19(31-30-18)21-15(2-1-3-16(21)24)22(33)29-20(17(25)12-32)11-28-27-9-8-26/h1-10,17,20,26,28,32H,11-12H2,(H,29,33)(H,30,31)/p+1. The molecule has 6 N–H and O–H groups in total. The van der Waals surface area contributed by atoms with Crippen LogP contribution in [0, 0.1) is 17.0 Å². The molecule has 0 aliphatic heterocycles. The summed E-state index contributed by atoms with van der Waals surface area (Å²) in [6.07, 6.45) is 0.328. The Bertz CT molecular complexity index is 1130. The Hall–Kier alpha value is -3.83. The van der Waals surface area contributed by atoms with Crippen molar-refractivity contribution in [3.8, 4) is 22.5 Å². The SMILES string of the molecule is N=CC=N[NH2+]CC(NC(=O)c1cccc(F)c1-c1cc(-c2ccc(F)cc2)n[nH]1)C(F)CO. The van der Waals surface area contributed by atoms with E-state index in [2.05, 4.69) is 20.6 Å². The molecule has 1 amide bonds. The molecule has 0 bridgehead atoms. The fourth-order valence-corrected chi connectivity index (χ4v) is 3.15. The molecule has 172 valence electrons. The van der Waals surface area contributed by atoms with Gasteiger partial charge in [0.25, 0.3) is 5.91 Å². The third-order valence-electron chi connectivity index (χ3n) is 4.80. The molecule has 0 radical (unpaired) electrons. The molecule has 3 rings (SSSR count). The summed E-state index contributed by atoms with van der Waals surface area (Å²) in [4.78, 5) is 12.9. The number of benzene rings is 2. The molecule has 0 aliphatic carbocycles. The summed E-state index contributed by atoms with van der Waals surface area (Å²) < 4.78 is 42.2. The van der Waals surface area contributed by atoms with Crippen molar-refractivity contribution in [2.45, 2.75) is 12.2 Å². The summed E-state index contributed by atoms with van der Waals surface area (Å²) >= 11 is 0. The molecule has 0 saturated heterocycles. The van der Waals surface area contributed by atoms with Crippen LogP contribution in [0.1, 0.15) is 10.4 Å². The quantitative estimate of drug-likeness (QED) is 0.179. The lowest BCUT2D eigenvalue weighted by atomic mass is 10.0. The van der Waals surface area contributed by atoms with Gasteiger partial charge >= 0.3 is 0 Å². The molecule has 0 spiro atoms. The van der Waals surface area contributed by atoms with Crippen LogP contribution in [0.4, 0.5) is 13.2 Å². The number of carbonyl (C=O) groups is 1. The number of H-pyrrole nitrogens is 1. The lowest BCUT2D eigenvalue weighted by molar-refractivity contribution is -0.663. The van der Waals surface area contributed by atoms with E-state index in [1.165, 1.54) is 60.2 Å². The van der Waals surface area contributed by atoms with Gasteiger partial charge in [0.1, 0.15) is 30.4 Å². The fraction of sp³-hybridized carbons (Fsp3) is 0.182. The number of hydrogen-bond donors (Lipinski definition) is 5. The molecule has 2 aromatic carbocycles. The first-order valence-electron chi connectivity index (χ1n) is 9.94. The summed E-state index contributed by atoms with van der Waals surface area (Å²) in [7, 11) is 0. The maximum atomic E-state index is 14.8. The number of carbonyl (C=O) groups excluding carboxylic acids is 1. The zero-order valence-electron chi connectivity index (χ0n) is 17.3. The lowest BCUT2D eigenvalue weighted by Crippen LogP contribution is -2.83. The molecule has 1 heterocycles. The van der Waals surface area contributed by atoms with E-state index in [-0.39, 0.29) is 23.4 Å². The predicted octanol–water partition coefficient (Wildman–Crippen LogP) is 1.65. The van der Waals surface area contributed by atoms with Gasteiger partial charge in [-0.3, -0.25) is 9.89 Å². The summed E-state index contributed by atoms with van der Waals surface area (Å²) in [5.41, 5.74) is 2.37. The smallest absolute Gasteiger partial charge is 0.252 e. The largest absolute Gasteiger partial charge is 0.393 e. The van der Waals surface area contributed by atoms with Crippen LogP contribution >= 0.6 is 0 Å². The molecule has 2 atom stereocenters. The Balaban J connectivity index is 1.88. The Labute approximate surface area is 187 Å². The molecule has 3 aromatic rings. The van der Waals surface area contributed by atoms with Crippen LogP contribution in [-0.4, -0.2) is 59.0 Å². The maximum Gasteiger partial charge on any atom is 0.252 e. The first-order valence-corrected chi connectivity index (χ1v) is 9.94. The van der Waals surface area contributed by atoms with Crippen molar-refractivity contribution in [3.05, 3.63) is 65.7 Å². The summed E-state index contributed by atoms with van der Waals surface area (Å²) in [5.74, 6) is -1.87. The first kappa shape index (κ1) is 23.8. The average Bonchev–Trinajstić information content (AvgIpc) is 3.30. The van der Waals surface area contributed by atoms with Crippen LogP contribution in [-0.2, 0) is 0 Å². The van der Waals surface area contributed by atoms with Crippen LogP contribution in [0.2, 0.25) is 0 Å². The number of nitrogens with two attached hydrogens (primary N) is 1. The fourth-order valence-electron chi connectivity index (χ4n) is 3.15. The minimum atomic E-state index is -1.78. The highest BCUT2D eigenvalue weighted by Gasteiger charge is 2.27. The second kappa shape index (κ2) is 11.2. The van der Waals surface area contributed by atoms with E-state index < -0.39 is 36.4 Å². The Kier molecular flexibility index (Phi) is 8.06. The van der Waals surface area contributed by atoms with Gasteiger partial charge in [0.05, 0.1) is 29.8 Å². The number of nitrogens with one attached hydrogen (secondary N) is 3. The predicted molar refractivity (Wildman–Crippen MR) is 117 cm³/mol. The summed E-state index contributed by atoms with van der Waals surface area (Å²) in [6, 6.07) is 9.86. The van der Waals surface area contributed by atoms with E-state index in [1.807, 2.05) is 0 Å². The minimum absolute atomic E-state index is 0.0543. The number of nitrogens with zero attached hydrogens (tertiary/aromatic N) is 2. The van der Waals surface area contributed by atoms with Crippen molar-refractivity contribution in [2.24, 2.45) is 5.10 Å². The van der Waals surface area contributed by atoms with Crippen molar-refractivity contribution >= 4 is 18.3 Å². The van der Waals surface area contributed by atoms with E-state index in [0.29, 0.717) is 11.3 Å². The monoisotopic (exact) mass is 459 g/mol. The molecule has 0 saturated carbocycles. The van der Waals surface area contributed by atoms with Gasteiger partial charge < -0.3 is 15.8 Å². The molecule has 0 aliphatic rings. The van der Waals surface area contributed by atoms with Gasteiger partial charge in [0, 0.05) is 17.3 Å². The number of rotatable bonds is 10. The van der Waals surface area contributed by atoms with Crippen molar-refractivity contribution in [2.75, 3.05) is 13.2 Å². The van der Waals surface area contributed by atoms with Gasteiger partial charge in [0.15, 0.2) is 0 Å². The van der Waals surface area contributed by atoms with Crippen molar-refractivity contribution in [1.29, 1.82) is 5.41 Å². The Morgan fingerprint density at radius 2 is 2.03 bits per heavy atom. The van der Waals surface area contributed by atoms with Gasteiger partial charge in [-0.2, -0.15) is 5.10 Å². The van der Waals surface area contributed by atoms with Crippen LogP contribution < -0.4 is 10.7 Å². The van der Waals surface area contributed by atoms with Crippen molar-refractivity contribution < 1.29 is 28.5 Å². The van der Waals surface area contributed by atoms with Crippen molar-refractivity contribution in [1.82, 2.24) is 15.5 Å². The number of aromatic nitrogens is 2. The first-order chi connectivity index (χ1) is 15.9. The molecular weight excluding hydrogens is 437 g/mol. The van der Waals surface area contributed by atoms with Crippen LogP contribution in [0.25, 0.3) is 22.5 Å². The van der Waals surface area contributed by atoms with Gasteiger partial charge in [-0.15, -0.1) is 0 Å². The van der Waals surface area contributed by atoms with E-state index in [0.717, 1.165) is 6.21 Å². The van der Waals surface area contributed by atoms with Crippen LogP contribution in [0.5, 0.6) is 0 Å². The van der Waals surface area contributed by atoms with E-state index in [4.69, 9.17) is 5.41 Å².